The smallest absolute Gasteiger partial charge is 0.156 e. The molecule has 0 atom stereocenters. The lowest BCUT2D eigenvalue weighted by atomic mass is 10.1. The van der Waals surface area contributed by atoms with Gasteiger partial charge in [0.05, 0.1) is 21.8 Å². The summed E-state index contributed by atoms with van der Waals surface area (Å²) in [5, 5.41) is 11.4. The molecule has 0 aliphatic carbocycles. The summed E-state index contributed by atoms with van der Waals surface area (Å²) in [4.78, 5) is 2.23. The summed E-state index contributed by atoms with van der Waals surface area (Å²) in [7, 11) is 4.02. The van der Waals surface area contributed by atoms with Crippen molar-refractivity contribution in [3.8, 4) is 17.0 Å². The summed E-state index contributed by atoms with van der Waals surface area (Å²) in [6, 6.07) is 3.69. The summed E-state index contributed by atoms with van der Waals surface area (Å²) in [5.74, 6) is 0.514. The minimum Gasteiger partial charge on any atom is -0.488 e. The molecule has 24 heavy (non-hydrogen) atoms. The van der Waals surface area contributed by atoms with Gasteiger partial charge in [-0.1, -0.05) is 23.2 Å². The lowest BCUT2D eigenvalue weighted by Gasteiger charge is -2.17. The fourth-order valence-corrected chi connectivity index (χ4v) is 2.98. The highest BCUT2D eigenvalue weighted by molar-refractivity contribution is 6.37. The van der Waals surface area contributed by atoms with Crippen LogP contribution in [0.5, 0.6) is 5.75 Å². The van der Waals surface area contributed by atoms with Crippen molar-refractivity contribution >= 4 is 23.2 Å². The van der Waals surface area contributed by atoms with Crippen molar-refractivity contribution in [2.24, 2.45) is 0 Å². The Kier molecular flexibility index (Phi) is 6.92. The number of nitrogens with zero attached hydrogens (tertiary/aromatic N) is 2. The highest BCUT2D eigenvalue weighted by Gasteiger charge is 2.16. The number of benzene rings is 1. The molecule has 0 radical (unpaired) electrons. The van der Waals surface area contributed by atoms with Gasteiger partial charge in [0.15, 0.2) is 5.75 Å². The van der Waals surface area contributed by atoms with Crippen molar-refractivity contribution in [1.29, 1.82) is 0 Å². The van der Waals surface area contributed by atoms with Crippen LogP contribution in [0.4, 0.5) is 0 Å². The maximum absolute atomic E-state index is 6.36. The molecule has 132 valence electrons. The SMILES string of the molecule is CNCCN(C)Cc1c[nH]nc1-c1cc(Cl)c(OC(C)C)c(Cl)c1. The van der Waals surface area contributed by atoms with E-state index in [4.69, 9.17) is 27.9 Å². The zero-order valence-corrected chi connectivity index (χ0v) is 16.0. The lowest BCUT2D eigenvalue weighted by molar-refractivity contribution is 0.243. The minimum atomic E-state index is 0.00705. The Hall–Kier alpha value is -1.27. The van der Waals surface area contributed by atoms with E-state index in [1.165, 1.54) is 0 Å². The van der Waals surface area contributed by atoms with E-state index >= 15 is 0 Å². The van der Waals surface area contributed by atoms with Crippen molar-refractivity contribution in [2.45, 2.75) is 26.5 Å². The van der Waals surface area contributed by atoms with Crippen LogP contribution in [0.3, 0.4) is 0 Å². The standard InChI is InChI=1S/C17H24Cl2N4O/c1-11(2)24-17-14(18)7-12(8-15(17)19)16-13(9-21-22-16)10-23(4)6-5-20-3/h7-9,11,20H,5-6,10H2,1-4H3,(H,21,22). The van der Waals surface area contributed by atoms with Crippen LogP contribution in [-0.4, -0.2) is 48.4 Å². The number of hydrogen-bond donors (Lipinski definition) is 2. The van der Waals surface area contributed by atoms with Gasteiger partial charge >= 0.3 is 0 Å². The maximum atomic E-state index is 6.36. The van der Waals surface area contributed by atoms with E-state index in [1.807, 2.05) is 39.2 Å². The van der Waals surface area contributed by atoms with E-state index in [9.17, 15) is 0 Å². The molecule has 0 bridgehead atoms. The van der Waals surface area contributed by atoms with Crippen molar-refractivity contribution in [3.63, 3.8) is 0 Å². The summed E-state index contributed by atoms with van der Waals surface area (Å²) in [6.07, 6.45) is 1.92. The number of nitrogens with one attached hydrogen (secondary N) is 2. The Morgan fingerprint density at radius 2 is 1.96 bits per heavy atom. The third-order valence-electron chi connectivity index (χ3n) is 3.53. The van der Waals surface area contributed by atoms with E-state index in [2.05, 4.69) is 27.5 Å². The van der Waals surface area contributed by atoms with Crippen molar-refractivity contribution in [1.82, 2.24) is 20.4 Å². The number of aromatic amines is 1. The first-order chi connectivity index (χ1) is 11.4. The zero-order chi connectivity index (χ0) is 17.7. The summed E-state index contributed by atoms with van der Waals surface area (Å²) < 4.78 is 5.68. The van der Waals surface area contributed by atoms with Crippen molar-refractivity contribution in [3.05, 3.63) is 33.9 Å². The molecule has 0 aliphatic heterocycles. The Balaban J connectivity index is 2.25. The van der Waals surface area contributed by atoms with Crippen LogP contribution in [0.15, 0.2) is 18.3 Å². The molecule has 5 nitrogen and oxygen atoms in total. The molecule has 1 heterocycles. The van der Waals surface area contributed by atoms with Gasteiger partial charge in [0.2, 0.25) is 0 Å². The molecule has 2 rings (SSSR count). The molecule has 0 saturated carbocycles. The van der Waals surface area contributed by atoms with Crippen LogP contribution >= 0.6 is 23.2 Å². The molecule has 7 heteroatoms. The Morgan fingerprint density at radius 1 is 1.29 bits per heavy atom. The Morgan fingerprint density at radius 3 is 2.54 bits per heavy atom. The lowest BCUT2D eigenvalue weighted by Crippen LogP contribution is -2.26. The van der Waals surface area contributed by atoms with Gasteiger partial charge in [-0.25, -0.2) is 0 Å². The van der Waals surface area contributed by atoms with E-state index < -0.39 is 0 Å². The van der Waals surface area contributed by atoms with E-state index in [0.717, 1.165) is 36.5 Å². The van der Waals surface area contributed by atoms with Crippen molar-refractivity contribution < 1.29 is 4.74 Å². The Bertz CT molecular complexity index is 649. The fourth-order valence-electron chi connectivity index (χ4n) is 2.40. The van der Waals surface area contributed by atoms with E-state index in [0.29, 0.717) is 15.8 Å². The third-order valence-corrected chi connectivity index (χ3v) is 4.09. The van der Waals surface area contributed by atoms with Crippen LogP contribution in [0.25, 0.3) is 11.3 Å². The van der Waals surface area contributed by atoms with Gasteiger partial charge < -0.3 is 15.0 Å². The molecule has 1 aromatic heterocycles. The second kappa shape index (κ2) is 8.72. The topological polar surface area (TPSA) is 53.2 Å². The molecule has 1 aromatic carbocycles. The van der Waals surface area contributed by atoms with Gasteiger partial charge in [0.1, 0.15) is 0 Å². The molecule has 0 saturated heterocycles. The monoisotopic (exact) mass is 370 g/mol. The van der Waals surface area contributed by atoms with Gasteiger partial charge in [0.25, 0.3) is 0 Å². The third kappa shape index (κ3) is 4.86. The normalized spacial score (nSPS) is 11.5. The zero-order valence-electron chi connectivity index (χ0n) is 14.5. The maximum Gasteiger partial charge on any atom is 0.156 e. The summed E-state index contributed by atoms with van der Waals surface area (Å²) in [5.41, 5.74) is 2.82. The molecule has 2 N–H and O–H groups in total. The highest BCUT2D eigenvalue weighted by Crippen LogP contribution is 2.38. The van der Waals surface area contributed by atoms with Crippen molar-refractivity contribution in [2.75, 3.05) is 27.2 Å². The summed E-state index contributed by atoms with van der Waals surface area (Å²) in [6.45, 7) is 6.54. The van der Waals surface area contributed by atoms with Gasteiger partial charge in [-0.05, 0) is 40.1 Å². The number of ether oxygens (including phenoxy) is 1. The number of aromatic nitrogens is 2. The molecular weight excluding hydrogens is 347 g/mol. The molecule has 0 fully saturated rings. The predicted molar refractivity (Wildman–Crippen MR) is 100 cm³/mol. The minimum absolute atomic E-state index is 0.00705. The molecule has 0 amide bonds. The second-order valence-electron chi connectivity index (χ2n) is 6.04. The average molecular weight is 371 g/mol. The number of halogens is 2. The van der Waals surface area contributed by atoms with Crippen LogP contribution in [0.2, 0.25) is 10.0 Å². The molecule has 0 spiro atoms. The van der Waals surface area contributed by atoms with E-state index in [-0.39, 0.29) is 6.10 Å². The predicted octanol–water partition coefficient (Wildman–Crippen LogP) is 3.82. The molecular formula is C17H24Cl2N4O. The number of H-pyrrole nitrogens is 1. The van der Waals surface area contributed by atoms with E-state index in [1.54, 1.807) is 0 Å². The first-order valence-corrected chi connectivity index (χ1v) is 8.69. The summed E-state index contributed by atoms with van der Waals surface area (Å²) >= 11 is 12.7. The van der Waals surface area contributed by atoms with Gasteiger partial charge in [-0.3, -0.25) is 5.10 Å². The first-order valence-electron chi connectivity index (χ1n) is 7.94. The Labute approximate surface area is 153 Å². The van der Waals surface area contributed by atoms with Gasteiger partial charge in [-0.15, -0.1) is 0 Å². The second-order valence-corrected chi connectivity index (χ2v) is 6.85. The van der Waals surface area contributed by atoms with Crippen LogP contribution < -0.4 is 10.1 Å². The number of hydrogen-bond acceptors (Lipinski definition) is 4. The average Bonchev–Trinajstić information content (AvgIpc) is 2.96. The largest absolute Gasteiger partial charge is 0.488 e. The van der Waals surface area contributed by atoms with Crippen LogP contribution in [0.1, 0.15) is 19.4 Å². The molecule has 0 unspecified atom stereocenters. The highest BCUT2D eigenvalue weighted by atomic mass is 35.5. The fraction of sp³-hybridized carbons (Fsp3) is 0.471. The molecule has 2 aromatic rings. The number of likely N-dealkylation sites (N-methyl/N-ethyl adjacent to an activating group) is 2. The first kappa shape index (κ1) is 19.1. The van der Waals surface area contributed by atoms with Gasteiger partial charge in [0, 0.05) is 37.0 Å². The van der Waals surface area contributed by atoms with Crippen LogP contribution in [-0.2, 0) is 6.54 Å². The van der Waals surface area contributed by atoms with Crippen LogP contribution in [0, 0.1) is 0 Å². The van der Waals surface area contributed by atoms with Gasteiger partial charge in [-0.2, -0.15) is 5.10 Å². The quantitative estimate of drug-likeness (QED) is 0.741. The molecule has 0 aliphatic rings. The number of rotatable bonds is 8.